The average Bonchev–Trinajstić information content (AvgIpc) is 2.91. The van der Waals surface area contributed by atoms with Crippen molar-refractivity contribution >= 4 is 27.4 Å². The quantitative estimate of drug-likeness (QED) is 0.744. The Bertz CT molecular complexity index is 749. The lowest BCUT2D eigenvalue weighted by molar-refractivity contribution is -0.137. The monoisotopic (exact) mass is 286 g/mol. The number of rotatable bonds is 1. The molecule has 0 bridgehead atoms. The molecule has 0 unspecified atom stereocenters. The van der Waals surface area contributed by atoms with Gasteiger partial charge < -0.3 is 5.73 Å². The fraction of sp³-hybridized carbons (Fsp3) is 0.100. The van der Waals surface area contributed by atoms with Crippen LogP contribution in [0.4, 0.5) is 19.0 Å². The number of nitrogens with two attached hydrogens (primary N) is 1. The lowest BCUT2D eigenvalue weighted by Crippen LogP contribution is -2.03. The van der Waals surface area contributed by atoms with Crippen molar-refractivity contribution < 1.29 is 17.8 Å². The van der Waals surface area contributed by atoms with Crippen LogP contribution in [0.25, 0.3) is 20.9 Å². The molecule has 0 spiro atoms. The minimum atomic E-state index is -4.40. The Morgan fingerprint density at radius 2 is 2.00 bits per heavy atom. The smallest absolute Gasteiger partial charge is 0.379 e. The molecule has 0 aliphatic carbocycles. The fourth-order valence-electron chi connectivity index (χ4n) is 1.55. The Morgan fingerprint density at radius 1 is 1.21 bits per heavy atom. The highest BCUT2D eigenvalue weighted by atomic mass is 32.1. The molecule has 2 aromatic heterocycles. The normalized spacial score (nSPS) is 12.2. The number of nitrogen functional groups attached to an aromatic ring is 1. The van der Waals surface area contributed by atoms with Gasteiger partial charge in [-0.05, 0) is 28.5 Å². The number of alkyl halides is 3. The Balaban J connectivity index is 2.14. The van der Waals surface area contributed by atoms with E-state index < -0.39 is 11.7 Å². The molecular weight excluding hydrogens is 281 g/mol. The number of nitrogens with zero attached hydrogens (tertiary/aromatic N) is 3. The molecule has 5 nitrogen and oxygen atoms in total. The van der Waals surface area contributed by atoms with Gasteiger partial charge in [-0.3, -0.25) is 0 Å². The molecule has 3 aromatic rings. The zero-order chi connectivity index (χ0) is 13.6. The largest absolute Gasteiger partial charge is 0.416 e. The second-order valence-corrected chi connectivity index (χ2v) is 4.73. The first kappa shape index (κ1) is 11.9. The minimum absolute atomic E-state index is 0.0510. The van der Waals surface area contributed by atoms with E-state index in [0.717, 1.165) is 12.1 Å². The number of fused-ring (bicyclic) bond motifs is 1. The van der Waals surface area contributed by atoms with Crippen LogP contribution < -0.4 is 5.73 Å². The molecule has 0 saturated carbocycles. The van der Waals surface area contributed by atoms with Crippen LogP contribution in [0.5, 0.6) is 0 Å². The molecule has 2 N–H and O–H groups in total. The van der Waals surface area contributed by atoms with Gasteiger partial charge in [-0.1, -0.05) is 0 Å². The summed E-state index contributed by atoms with van der Waals surface area (Å²) in [4.78, 5) is 4.07. The van der Waals surface area contributed by atoms with Crippen molar-refractivity contribution in [3.63, 3.8) is 0 Å². The molecule has 0 radical (unpaired) electrons. The van der Waals surface area contributed by atoms with E-state index in [1.165, 1.54) is 17.4 Å². The van der Waals surface area contributed by atoms with Gasteiger partial charge in [-0.25, -0.2) is 9.61 Å². The van der Waals surface area contributed by atoms with Crippen molar-refractivity contribution in [2.24, 2.45) is 0 Å². The molecule has 0 amide bonds. The summed E-state index contributed by atoms with van der Waals surface area (Å²) >= 11 is 1.17. The van der Waals surface area contributed by atoms with E-state index >= 15 is 0 Å². The zero-order valence-corrected chi connectivity index (χ0v) is 9.92. The third kappa shape index (κ3) is 2.01. The second-order valence-electron chi connectivity index (χ2n) is 3.70. The average molecular weight is 286 g/mol. The van der Waals surface area contributed by atoms with Crippen LogP contribution in [0.2, 0.25) is 0 Å². The summed E-state index contributed by atoms with van der Waals surface area (Å²) in [5.74, 6) is 0.0510. The van der Waals surface area contributed by atoms with Gasteiger partial charge in [0.25, 0.3) is 0 Å². The van der Waals surface area contributed by atoms with Gasteiger partial charge in [-0.15, -0.1) is 11.3 Å². The predicted molar refractivity (Wildman–Crippen MR) is 62.3 cm³/mol. The van der Waals surface area contributed by atoms with Gasteiger partial charge >= 0.3 is 6.18 Å². The van der Waals surface area contributed by atoms with Crippen LogP contribution in [0, 0.1) is 0 Å². The highest BCUT2D eigenvalue weighted by Crippen LogP contribution is 2.35. The van der Waals surface area contributed by atoms with Gasteiger partial charge in [0, 0.05) is 0 Å². The molecule has 19 heavy (non-hydrogen) atoms. The molecule has 0 atom stereocenters. The highest BCUT2D eigenvalue weighted by Gasteiger charge is 2.31. The van der Waals surface area contributed by atoms with Crippen molar-refractivity contribution in [3.05, 3.63) is 23.8 Å². The number of hydrogen-bond acceptors (Lipinski definition) is 6. The van der Waals surface area contributed by atoms with E-state index in [1.807, 2.05) is 0 Å². The summed E-state index contributed by atoms with van der Waals surface area (Å²) in [6, 6.07) is 3.36. The summed E-state index contributed by atoms with van der Waals surface area (Å²) in [6.45, 7) is 0. The fourth-order valence-corrected chi connectivity index (χ4v) is 2.48. The number of thiazole rings is 1. The summed E-state index contributed by atoms with van der Waals surface area (Å²) in [5.41, 5.74) is 5.23. The van der Waals surface area contributed by atoms with Crippen molar-refractivity contribution in [1.82, 2.24) is 15.3 Å². The van der Waals surface area contributed by atoms with Crippen molar-refractivity contribution in [2.45, 2.75) is 6.18 Å². The van der Waals surface area contributed by atoms with Crippen LogP contribution in [0.3, 0.4) is 0 Å². The zero-order valence-electron chi connectivity index (χ0n) is 9.10. The lowest BCUT2D eigenvalue weighted by Gasteiger charge is -2.04. The van der Waals surface area contributed by atoms with Crippen LogP contribution in [-0.4, -0.2) is 15.3 Å². The number of anilines is 1. The van der Waals surface area contributed by atoms with Gasteiger partial charge in [0.05, 0.1) is 15.8 Å². The Kier molecular flexibility index (Phi) is 2.45. The number of halogens is 3. The van der Waals surface area contributed by atoms with E-state index in [0.29, 0.717) is 9.71 Å². The van der Waals surface area contributed by atoms with Gasteiger partial charge in [0.2, 0.25) is 0 Å². The van der Waals surface area contributed by atoms with E-state index in [4.69, 9.17) is 5.73 Å². The van der Waals surface area contributed by atoms with Gasteiger partial charge in [0.1, 0.15) is 0 Å². The molecule has 2 heterocycles. The molecule has 0 saturated heterocycles. The van der Waals surface area contributed by atoms with Crippen molar-refractivity contribution in [2.75, 3.05) is 5.73 Å². The maximum absolute atomic E-state index is 12.6. The Labute approximate surface area is 107 Å². The first-order valence-electron chi connectivity index (χ1n) is 5.01. The topological polar surface area (TPSA) is 77.8 Å². The molecule has 1 aromatic carbocycles. The standard InChI is InChI=1S/C10H5F3N4OS/c11-10(12,13)4-1-2-6-5(3-4)15-9(19-6)7-8(14)17-18-16-7/h1-3H,(H2,14,17). The summed E-state index contributed by atoms with van der Waals surface area (Å²) in [7, 11) is 0. The summed E-state index contributed by atoms with van der Waals surface area (Å²) in [5, 5.41) is 7.33. The minimum Gasteiger partial charge on any atom is -0.379 e. The van der Waals surface area contributed by atoms with Crippen LogP contribution in [0.1, 0.15) is 5.56 Å². The first-order chi connectivity index (χ1) is 8.95. The van der Waals surface area contributed by atoms with Crippen LogP contribution in [0.15, 0.2) is 22.8 Å². The third-order valence-corrected chi connectivity index (χ3v) is 3.47. The highest BCUT2D eigenvalue weighted by molar-refractivity contribution is 7.21. The maximum atomic E-state index is 12.6. The molecular formula is C10H5F3N4OS. The molecule has 3 rings (SSSR count). The van der Waals surface area contributed by atoms with Crippen molar-refractivity contribution in [1.29, 1.82) is 0 Å². The molecule has 0 aliphatic heterocycles. The van der Waals surface area contributed by atoms with E-state index in [9.17, 15) is 13.2 Å². The predicted octanol–water partition coefficient (Wildman–Crippen LogP) is 2.95. The molecule has 9 heteroatoms. The molecule has 0 aliphatic rings. The summed E-state index contributed by atoms with van der Waals surface area (Å²) < 4.78 is 42.8. The van der Waals surface area contributed by atoms with E-state index in [2.05, 4.69) is 19.9 Å². The summed E-state index contributed by atoms with van der Waals surface area (Å²) in [6.07, 6.45) is -4.40. The second kappa shape index (κ2) is 3.92. The SMILES string of the molecule is Nc1nonc1-c1nc2cc(C(F)(F)F)ccc2s1. The lowest BCUT2D eigenvalue weighted by atomic mass is 10.2. The van der Waals surface area contributed by atoms with E-state index in [1.54, 1.807) is 0 Å². The maximum Gasteiger partial charge on any atom is 0.416 e. The number of hydrogen-bond donors (Lipinski definition) is 1. The Morgan fingerprint density at radius 3 is 2.63 bits per heavy atom. The third-order valence-electron chi connectivity index (χ3n) is 2.43. The molecule has 0 fully saturated rings. The molecule has 98 valence electrons. The van der Waals surface area contributed by atoms with Gasteiger partial charge in [0.15, 0.2) is 16.5 Å². The van der Waals surface area contributed by atoms with Crippen LogP contribution >= 0.6 is 11.3 Å². The first-order valence-corrected chi connectivity index (χ1v) is 5.83. The van der Waals surface area contributed by atoms with Crippen LogP contribution in [-0.2, 0) is 6.18 Å². The Hall–Kier alpha value is -2.16. The number of benzene rings is 1. The number of aromatic nitrogens is 3. The van der Waals surface area contributed by atoms with E-state index in [-0.39, 0.29) is 17.0 Å². The van der Waals surface area contributed by atoms with Gasteiger partial charge in [-0.2, -0.15) is 13.2 Å². The van der Waals surface area contributed by atoms with Crippen molar-refractivity contribution in [3.8, 4) is 10.7 Å².